The number of para-hydroxylation sites is 2. The summed E-state index contributed by atoms with van der Waals surface area (Å²) in [5.41, 5.74) is 1.12. The number of sulfonamides is 1. The molecule has 3 aromatic carbocycles. The van der Waals surface area contributed by atoms with Crippen LogP contribution in [0.25, 0.3) is 10.9 Å². The molecule has 4 rings (SSSR count). The molecule has 2 N–H and O–H groups in total. The highest BCUT2D eigenvalue weighted by molar-refractivity contribution is 7.92. The van der Waals surface area contributed by atoms with Crippen LogP contribution in [0.2, 0.25) is 5.02 Å². The summed E-state index contributed by atoms with van der Waals surface area (Å²) >= 11 is 6.02. The van der Waals surface area contributed by atoms with Gasteiger partial charge in [-0.25, -0.2) is 8.42 Å². The molecule has 4 aromatic rings. The Hall–Kier alpha value is -3.69. The number of halogens is 1. The SMILES string of the molecule is Cn1c(O)c(N=NC(=O)c2cccc(S(=O)(=O)Nc3ccccc3Cl)c2)c2ccccc21. The van der Waals surface area contributed by atoms with Crippen LogP contribution >= 0.6 is 11.6 Å². The van der Waals surface area contributed by atoms with Crippen LogP contribution < -0.4 is 4.72 Å². The second-order valence-corrected chi connectivity index (χ2v) is 8.96. The van der Waals surface area contributed by atoms with Crippen molar-refractivity contribution in [2.24, 2.45) is 17.3 Å². The minimum Gasteiger partial charge on any atom is -0.493 e. The third-order valence-electron chi connectivity index (χ3n) is 4.80. The Morgan fingerprint density at radius 3 is 2.53 bits per heavy atom. The Bertz CT molecular complexity index is 1480. The largest absolute Gasteiger partial charge is 0.493 e. The molecule has 162 valence electrons. The zero-order valence-corrected chi connectivity index (χ0v) is 18.3. The first-order valence-corrected chi connectivity index (χ1v) is 11.2. The maximum Gasteiger partial charge on any atom is 0.295 e. The number of rotatable bonds is 5. The van der Waals surface area contributed by atoms with Crippen molar-refractivity contribution in [2.75, 3.05) is 4.72 Å². The Labute approximate surface area is 188 Å². The molecule has 0 fully saturated rings. The van der Waals surface area contributed by atoms with Crippen LogP contribution in [0, 0.1) is 0 Å². The fourth-order valence-corrected chi connectivity index (χ4v) is 4.52. The van der Waals surface area contributed by atoms with Crippen molar-refractivity contribution in [1.29, 1.82) is 0 Å². The number of hydrogen-bond donors (Lipinski definition) is 2. The molecule has 0 atom stereocenters. The highest BCUT2D eigenvalue weighted by Gasteiger charge is 2.18. The number of carbonyl (C=O) groups excluding carboxylic acids is 1. The molecular weight excluding hydrogens is 452 g/mol. The summed E-state index contributed by atoms with van der Waals surface area (Å²) in [5.74, 6) is -0.893. The molecule has 32 heavy (non-hydrogen) atoms. The molecule has 1 heterocycles. The Morgan fingerprint density at radius 2 is 1.75 bits per heavy atom. The number of aryl methyl sites for hydroxylation is 1. The smallest absolute Gasteiger partial charge is 0.295 e. The molecular formula is C22H17ClN4O4S. The molecule has 0 spiro atoms. The van der Waals surface area contributed by atoms with E-state index >= 15 is 0 Å². The van der Waals surface area contributed by atoms with Gasteiger partial charge in [0, 0.05) is 18.0 Å². The van der Waals surface area contributed by atoms with Crippen LogP contribution in [0.5, 0.6) is 5.88 Å². The van der Waals surface area contributed by atoms with Crippen LogP contribution in [0.4, 0.5) is 11.4 Å². The topological polar surface area (TPSA) is 113 Å². The molecule has 0 unspecified atom stereocenters. The molecule has 0 aliphatic carbocycles. The van der Waals surface area contributed by atoms with Gasteiger partial charge in [0.1, 0.15) is 0 Å². The van der Waals surface area contributed by atoms with E-state index in [2.05, 4.69) is 15.0 Å². The Balaban J connectivity index is 1.62. The number of aromatic hydroxyl groups is 1. The predicted molar refractivity (Wildman–Crippen MR) is 122 cm³/mol. The number of fused-ring (bicyclic) bond motifs is 1. The number of nitrogens with zero attached hydrogens (tertiary/aromatic N) is 3. The summed E-state index contributed by atoms with van der Waals surface area (Å²) < 4.78 is 29.4. The molecule has 1 aromatic heterocycles. The summed E-state index contributed by atoms with van der Waals surface area (Å²) in [4.78, 5) is 12.4. The fourth-order valence-electron chi connectivity index (χ4n) is 3.16. The summed E-state index contributed by atoms with van der Waals surface area (Å²) in [6.45, 7) is 0. The minimum absolute atomic E-state index is 0.0236. The molecule has 10 heteroatoms. The number of hydrogen-bond acceptors (Lipinski definition) is 5. The monoisotopic (exact) mass is 468 g/mol. The second kappa shape index (κ2) is 8.45. The number of amides is 1. The van der Waals surface area contributed by atoms with Crippen molar-refractivity contribution < 1.29 is 18.3 Å². The highest BCUT2D eigenvalue weighted by atomic mass is 35.5. The van der Waals surface area contributed by atoms with Crippen molar-refractivity contribution in [1.82, 2.24) is 4.57 Å². The van der Waals surface area contributed by atoms with E-state index in [1.165, 1.54) is 34.9 Å². The van der Waals surface area contributed by atoms with Gasteiger partial charge in [-0.15, -0.1) is 10.2 Å². The number of aromatic nitrogens is 1. The molecule has 0 aliphatic rings. The first kappa shape index (κ1) is 21.5. The number of nitrogens with one attached hydrogen (secondary N) is 1. The first-order valence-electron chi connectivity index (χ1n) is 9.38. The van der Waals surface area contributed by atoms with E-state index in [0.29, 0.717) is 5.39 Å². The van der Waals surface area contributed by atoms with Crippen molar-refractivity contribution in [3.63, 3.8) is 0 Å². The second-order valence-electron chi connectivity index (χ2n) is 6.87. The van der Waals surface area contributed by atoms with Gasteiger partial charge in [-0.3, -0.25) is 9.52 Å². The normalized spacial score (nSPS) is 11.8. The lowest BCUT2D eigenvalue weighted by Gasteiger charge is -2.09. The van der Waals surface area contributed by atoms with Gasteiger partial charge in [-0.05, 0) is 36.4 Å². The van der Waals surface area contributed by atoms with Crippen molar-refractivity contribution in [2.45, 2.75) is 4.90 Å². The Kier molecular flexibility index (Phi) is 5.68. The lowest BCUT2D eigenvalue weighted by molar-refractivity contribution is 0.0995. The molecule has 0 aliphatic heterocycles. The van der Waals surface area contributed by atoms with Gasteiger partial charge in [0.2, 0.25) is 5.88 Å². The van der Waals surface area contributed by atoms with Gasteiger partial charge in [0.25, 0.3) is 15.9 Å². The van der Waals surface area contributed by atoms with Gasteiger partial charge in [-0.1, -0.05) is 48.0 Å². The lowest BCUT2D eigenvalue weighted by atomic mass is 10.2. The molecule has 0 radical (unpaired) electrons. The van der Waals surface area contributed by atoms with E-state index < -0.39 is 15.9 Å². The van der Waals surface area contributed by atoms with Crippen LogP contribution in [0.3, 0.4) is 0 Å². The van der Waals surface area contributed by atoms with E-state index in [-0.39, 0.29) is 32.7 Å². The van der Waals surface area contributed by atoms with E-state index in [0.717, 1.165) is 5.52 Å². The number of benzene rings is 3. The number of carbonyl (C=O) groups is 1. The van der Waals surface area contributed by atoms with Crippen LogP contribution in [-0.2, 0) is 17.1 Å². The summed E-state index contributed by atoms with van der Waals surface area (Å²) in [7, 11) is -2.33. The van der Waals surface area contributed by atoms with E-state index in [1.54, 1.807) is 43.4 Å². The third-order valence-corrected chi connectivity index (χ3v) is 6.49. The molecule has 1 amide bonds. The van der Waals surface area contributed by atoms with Gasteiger partial charge in [0.15, 0.2) is 5.69 Å². The van der Waals surface area contributed by atoms with Crippen LogP contribution in [-0.4, -0.2) is 24.0 Å². The quantitative estimate of drug-likeness (QED) is 0.389. The van der Waals surface area contributed by atoms with Gasteiger partial charge in [-0.2, -0.15) is 0 Å². The standard InChI is InChI=1S/C22H17ClN4O4S/c1-27-19-12-5-2-9-16(19)20(22(27)29)24-25-21(28)14-7-6-8-15(13-14)32(30,31)26-18-11-4-3-10-17(18)23/h2-13,26,29H,1H3. The van der Waals surface area contributed by atoms with E-state index in [9.17, 15) is 18.3 Å². The third kappa shape index (κ3) is 4.08. The van der Waals surface area contributed by atoms with E-state index in [1.807, 2.05) is 6.07 Å². The minimum atomic E-state index is -3.99. The number of anilines is 1. The summed E-state index contributed by atoms with van der Waals surface area (Å²) in [5, 5.41) is 18.8. The zero-order chi connectivity index (χ0) is 22.9. The summed E-state index contributed by atoms with van der Waals surface area (Å²) in [6, 6.07) is 19.0. The Morgan fingerprint density at radius 1 is 1.03 bits per heavy atom. The predicted octanol–water partition coefficient (Wildman–Crippen LogP) is 5.26. The maximum atomic E-state index is 12.7. The maximum absolute atomic E-state index is 12.7. The average Bonchev–Trinajstić information content (AvgIpc) is 3.03. The van der Waals surface area contributed by atoms with Crippen LogP contribution in [0.15, 0.2) is 87.9 Å². The molecule has 8 nitrogen and oxygen atoms in total. The van der Waals surface area contributed by atoms with Crippen molar-refractivity contribution >= 4 is 49.8 Å². The van der Waals surface area contributed by atoms with Gasteiger partial charge in [0.05, 0.1) is 21.1 Å². The average molecular weight is 469 g/mol. The van der Waals surface area contributed by atoms with Crippen LogP contribution in [0.1, 0.15) is 10.4 Å². The molecule has 0 saturated carbocycles. The van der Waals surface area contributed by atoms with Crippen molar-refractivity contribution in [3.8, 4) is 5.88 Å². The highest BCUT2D eigenvalue weighted by Crippen LogP contribution is 2.37. The van der Waals surface area contributed by atoms with Gasteiger partial charge < -0.3 is 9.67 Å². The van der Waals surface area contributed by atoms with Crippen molar-refractivity contribution in [3.05, 3.63) is 83.4 Å². The zero-order valence-electron chi connectivity index (χ0n) is 16.7. The molecule has 0 saturated heterocycles. The molecule has 0 bridgehead atoms. The number of azo groups is 1. The van der Waals surface area contributed by atoms with E-state index in [4.69, 9.17) is 11.6 Å². The van der Waals surface area contributed by atoms with Gasteiger partial charge >= 0.3 is 0 Å². The lowest BCUT2D eigenvalue weighted by Crippen LogP contribution is -2.13. The first-order chi connectivity index (χ1) is 15.3. The summed E-state index contributed by atoms with van der Waals surface area (Å²) in [6.07, 6.45) is 0. The fraction of sp³-hybridized carbons (Fsp3) is 0.0455.